The Morgan fingerprint density at radius 1 is 1.39 bits per heavy atom. The normalized spacial score (nSPS) is 16.4. The van der Waals surface area contributed by atoms with Crippen LogP contribution in [0.4, 0.5) is 5.69 Å². The lowest BCUT2D eigenvalue weighted by Crippen LogP contribution is -2.38. The summed E-state index contributed by atoms with van der Waals surface area (Å²) in [5.74, 6) is 0.478. The van der Waals surface area contributed by atoms with E-state index in [1.165, 1.54) is 0 Å². The van der Waals surface area contributed by atoms with E-state index >= 15 is 0 Å². The van der Waals surface area contributed by atoms with Gasteiger partial charge in [0, 0.05) is 16.6 Å². The van der Waals surface area contributed by atoms with Crippen LogP contribution in [-0.4, -0.2) is 40.6 Å². The summed E-state index contributed by atoms with van der Waals surface area (Å²) in [6.45, 7) is 4.21. The van der Waals surface area contributed by atoms with Gasteiger partial charge < -0.3 is 5.32 Å². The molecule has 0 unspecified atom stereocenters. The van der Waals surface area contributed by atoms with Crippen molar-refractivity contribution in [3.8, 4) is 0 Å². The lowest BCUT2D eigenvalue weighted by molar-refractivity contribution is -0.117. The molecule has 23 heavy (non-hydrogen) atoms. The Labute approximate surface area is 144 Å². The second-order valence-corrected chi connectivity index (χ2v) is 7.42. The number of anilines is 1. The van der Waals surface area contributed by atoms with Crippen LogP contribution in [0.2, 0.25) is 5.02 Å². The zero-order valence-electron chi connectivity index (χ0n) is 13.0. The first-order valence-corrected chi connectivity index (χ1v) is 8.87. The molecule has 1 aliphatic rings. The zero-order valence-corrected chi connectivity index (χ0v) is 14.5. The Balaban J connectivity index is 1.47. The van der Waals surface area contributed by atoms with Crippen LogP contribution in [0.15, 0.2) is 24.3 Å². The van der Waals surface area contributed by atoms with Gasteiger partial charge in [-0.25, -0.2) is 0 Å². The number of rotatable bonds is 4. The second kappa shape index (κ2) is 7.38. The van der Waals surface area contributed by atoms with E-state index in [0.29, 0.717) is 17.5 Å². The van der Waals surface area contributed by atoms with Crippen LogP contribution in [0, 0.1) is 6.92 Å². The van der Waals surface area contributed by atoms with Crippen molar-refractivity contribution in [2.24, 2.45) is 0 Å². The molecule has 1 fully saturated rings. The first kappa shape index (κ1) is 16.4. The van der Waals surface area contributed by atoms with Crippen molar-refractivity contribution in [3.63, 3.8) is 0 Å². The number of benzene rings is 1. The average molecular weight is 351 g/mol. The fraction of sp³-hybridized carbons (Fsp3) is 0.438. The Morgan fingerprint density at radius 2 is 2.17 bits per heavy atom. The third kappa shape index (κ3) is 4.50. The molecular formula is C16H19ClN4OS. The second-order valence-electron chi connectivity index (χ2n) is 5.77. The SMILES string of the molecule is Cc1nnc(C2CCN(CC(=O)Nc3cccc(Cl)c3)CC2)s1. The van der Waals surface area contributed by atoms with E-state index < -0.39 is 0 Å². The lowest BCUT2D eigenvalue weighted by Gasteiger charge is -2.30. The molecule has 0 spiro atoms. The number of piperidine rings is 1. The molecular weight excluding hydrogens is 332 g/mol. The first-order valence-electron chi connectivity index (χ1n) is 7.68. The van der Waals surface area contributed by atoms with E-state index in [9.17, 15) is 4.79 Å². The maximum Gasteiger partial charge on any atom is 0.238 e. The van der Waals surface area contributed by atoms with Gasteiger partial charge in [-0.3, -0.25) is 9.69 Å². The molecule has 1 saturated heterocycles. The number of nitrogens with one attached hydrogen (secondary N) is 1. The van der Waals surface area contributed by atoms with E-state index in [2.05, 4.69) is 20.4 Å². The van der Waals surface area contributed by atoms with Crippen molar-refractivity contribution in [2.45, 2.75) is 25.7 Å². The van der Waals surface area contributed by atoms with Gasteiger partial charge in [0.05, 0.1) is 6.54 Å². The number of aromatic nitrogens is 2. The van der Waals surface area contributed by atoms with Crippen molar-refractivity contribution >= 4 is 34.5 Å². The number of nitrogens with zero attached hydrogens (tertiary/aromatic N) is 3. The molecule has 2 aromatic rings. The van der Waals surface area contributed by atoms with Gasteiger partial charge in [0.1, 0.15) is 10.0 Å². The van der Waals surface area contributed by atoms with Crippen LogP contribution in [-0.2, 0) is 4.79 Å². The number of halogens is 1. The lowest BCUT2D eigenvalue weighted by atomic mass is 9.98. The van der Waals surface area contributed by atoms with E-state index in [-0.39, 0.29) is 5.91 Å². The molecule has 3 rings (SSSR count). The van der Waals surface area contributed by atoms with Crippen molar-refractivity contribution < 1.29 is 4.79 Å². The monoisotopic (exact) mass is 350 g/mol. The fourth-order valence-corrected chi connectivity index (χ4v) is 3.84. The van der Waals surface area contributed by atoms with Gasteiger partial charge in [-0.1, -0.05) is 17.7 Å². The topological polar surface area (TPSA) is 58.1 Å². The van der Waals surface area contributed by atoms with E-state index in [0.717, 1.165) is 41.6 Å². The van der Waals surface area contributed by atoms with Crippen molar-refractivity contribution in [1.82, 2.24) is 15.1 Å². The minimum Gasteiger partial charge on any atom is -0.325 e. The molecule has 2 heterocycles. The number of hydrogen-bond donors (Lipinski definition) is 1. The quantitative estimate of drug-likeness (QED) is 0.919. The molecule has 7 heteroatoms. The Morgan fingerprint density at radius 3 is 2.83 bits per heavy atom. The predicted octanol–water partition coefficient (Wildman–Crippen LogP) is 3.32. The zero-order chi connectivity index (χ0) is 16.2. The summed E-state index contributed by atoms with van der Waals surface area (Å²) in [6, 6.07) is 7.21. The predicted molar refractivity (Wildman–Crippen MR) is 93.1 cm³/mol. The standard InChI is InChI=1S/C16H19ClN4OS/c1-11-19-20-16(23-11)12-5-7-21(8-6-12)10-15(22)18-14-4-2-3-13(17)9-14/h2-4,9,12H,5-8,10H2,1H3,(H,18,22). The smallest absolute Gasteiger partial charge is 0.238 e. The summed E-state index contributed by atoms with van der Waals surface area (Å²) in [5, 5.41) is 14.0. The minimum absolute atomic E-state index is 0.00234. The van der Waals surface area contributed by atoms with Gasteiger partial charge in [-0.05, 0) is 51.1 Å². The molecule has 0 atom stereocenters. The van der Waals surface area contributed by atoms with Crippen molar-refractivity contribution in [1.29, 1.82) is 0 Å². The van der Waals surface area contributed by atoms with Crippen LogP contribution in [0.25, 0.3) is 0 Å². The maximum atomic E-state index is 12.1. The van der Waals surface area contributed by atoms with E-state index in [4.69, 9.17) is 11.6 Å². The summed E-state index contributed by atoms with van der Waals surface area (Å²) in [7, 11) is 0. The van der Waals surface area contributed by atoms with Gasteiger partial charge >= 0.3 is 0 Å². The number of amides is 1. The van der Waals surface area contributed by atoms with Crippen LogP contribution < -0.4 is 5.32 Å². The highest BCUT2D eigenvalue weighted by Gasteiger charge is 2.24. The number of carbonyl (C=O) groups is 1. The summed E-state index contributed by atoms with van der Waals surface area (Å²) in [6.07, 6.45) is 2.05. The van der Waals surface area contributed by atoms with Crippen molar-refractivity contribution in [2.75, 3.05) is 25.0 Å². The molecule has 122 valence electrons. The molecule has 1 N–H and O–H groups in total. The molecule has 1 aromatic heterocycles. The maximum absolute atomic E-state index is 12.1. The molecule has 1 aromatic carbocycles. The molecule has 1 amide bonds. The molecule has 0 aliphatic carbocycles. The van der Waals surface area contributed by atoms with Crippen LogP contribution >= 0.6 is 22.9 Å². The molecule has 1 aliphatic heterocycles. The molecule has 0 bridgehead atoms. The number of aryl methyl sites for hydroxylation is 1. The Kier molecular flexibility index (Phi) is 5.25. The highest BCUT2D eigenvalue weighted by molar-refractivity contribution is 7.11. The van der Waals surface area contributed by atoms with Crippen LogP contribution in [0.5, 0.6) is 0 Å². The van der Waals surface area contributed by atoms with Gasteiger partial charge in [0.15, 0.2) is 0 Å². The number of likely N-dealkylation sites (tertiary alicyclic amines) is 1. The highest BCUT2D eigenvalue weighted by Crippen LogP contribution is 2.29. The Bertz CT molecular complexity index is 682. The summed E-state index contributed by atoms with van der Waals surface area (Å²) in [4.78, 5) is 14.3. The van der Waals surface area contributed by atoms with Crippen molar-refractivity contribution in [3.05, 3.63) is 39.3 Å². The average Bonchev–Trinajstić information content (AvgIpc) is 2.94. The summed E-state index contributed by atoms with van der Waals surface area (Å²) >= 11 is 7.60. The largest absolute Gasteiger partial charge is 0.325 e. The van der Waals surface area contributed by atoms with E-state index in [1.807, 2.05) is 19.1 Å². The van der Waals surface area contributed by atoms with E-state index in [1.54, 1.807) is 23.5 Å². The van der Waals surface area contributed by atoms with Gasteiger partial charge in [0.25, 0.3) is 0 Å². The molecule has 0 radical (unpaired) electrons. The third-order valence-electron chi connectivity index (χ3n) is 3.95. The third-order valence-corrected chi connectivity index (χ3v) is 5.19. The van der Waals surface area contributed by atoms with Crippen LogP contribution in [0.1, 0.15) is 28.8 Å². The minimum atomic E-state index is -0.00234. The van der Waals surface area contributed by atoms with Gasteiger partial charge in [-0.15, -0.1) is 21.5 Å². The number of carbonyl (C=O) groups excluding carboxylic acids is 1. The molecule has 5 nitrogen and oxygen atoms in total. The fourth-order valence-electron chi connectivity index (χ4n) is 2.78. The van der Waals surface area contributed by atoms with Gasteiger partial charge in [-0.2, -0.15) is 0 Å². The first-order chi connectivity index (χ1) is 11.1. The van der Waals surface area contributed by atoms with Gasteiger partial charge in [0.2, 0.25) is 5.91 Å². The number of hydrogen-bond acceptors (Lipinski definition) is 5. The highest BCUT2D eigenvalue weighted by atomic mass is 35.5. The van der Waals surface area contributed by atoms with Crippen LogP contribution in [0.3, 0.4) is 0 Å². The summed E-state index contributed by atoms with van der Waals surface area (Å²) in [5.41, 5.74) is 0.738. The Hall–Kier alpha value is -1.50. The molecule has 0 saturated carbocycles. The summed E-state index contributed by atoms with van der Waals surface area (Å²) < 4.78 is 0.